The molecule has 2 aromatic rings. The van der Waals surface area contributed by atoms with E-state index in [9.17, 15) is 12.8 Å². The van der Waals surface area contributed by atoms with E-state index in [-0.39, 0.29) is 17.6 Å². The van der Waals surface area contributed by atoms with Crippen molar-refractivity contribution >= 4 is 15.5 Å². The van der Waals surface area contributed by atoms with Crippen LogP contribution >= 0.6 is 0 Å². The van der Waals surface area contributed by atoms with Gasteiger partial charge in [-0.05, 0) is 42.7 Å². The predicted molar refractivity (Wildman–Crippen MR) is 80.6 cm³/mol. The molecule has 21 heavy (non-hydrogen) atoms. The number of fused-ring (bicyclic) bond motifs is 1. The van der Waals surface area contributed by atoms with Crippen molar-refractivity contribution in [1.82, 2.24) is 0 Å². The molecule has 0 radical (unpaired) electrons. The number of nitrogens with one attached hydrogen (secondary N) is 1. The van der Waals surface area contributed by atoms with E-state index in [2.05, 4.69) is 5.32 Å². The van der Waals surface area contributed by atoms with Crippen LogP contribution in [0.1, 0.15) is 23.6 Å². The number of hydrogen-bond donors (Lipinski definition) is 1. The number of hydrogen-bond acceptors (Lipinski definition) is 3. The smallest absolute Gasteiger partial charge is 0.178 e. The first-order valence-corrected chi connectivity index (χ1v) is 8.47. The van der Waals surface area contributed by atoms with Crippen LogP contribution in [0.4, 0.5) is 10.1 Å². The fourth-order valence-electron chi connectivity index (χ4n) is 2.68. The summed E-state index contributed by atoms with van der Waals surface area (Å²) in [7, 11) is -3.20. The van der Waals surface area contributed by atoms with Crippen molar-refractivity contribution in [1.29, 1.82) is 0 Å². The summed E-state index contributed by atoms with van der Waals surface area (Å²) in [6.07, 6.45) is 0.481. The Labute approximate surface area is 123 Å². The molecule has 1 N–H and O–H groups in total. The number of halogens is 1. The van der Waals surface area contributed by atoms with Crippen molar-refractivity contribution in [3.8, 4) is 0 Å². The van der Waals surface area contributed by atoms with Gasteiger partial charge in [-0.25, -0.2) is 12.8 Å². The van der Waals surface area contributed by atoms with E-state index < -0.39 is 9.84 Å². The Morgan fingerprint density at radius 2 is 1.95 bits per heavy atom. The molecule has 0 bridgehead atoms. The van der Waals surface area contributed by atoms with E-state index >= 15 is 0 Å². The van der Waals surface area contributed by atoms with Crippen LogP contribution in [0.2, 0.25) is 0 Å². The molecular weight excluding hydrogens is 289 g/mol. The summed E-state index contributed by atoms with van der Waals surface area (Å²) in [5.74, 6) is -0.199. The second-order valence-electron chi connectivity index (χ2n) is 5.30. The van der Waals surface area contributed by atoms with Gasteiger partial charge in [-0.1, -0.05) is 24.3 Å². The average molecular weight is 305 g/mol. The standard InChI is InChI=1S/C16H16FNO2S/c1-11-6-7-12(17)10-15(11)18-14-8-9-21(19,20)16-5-3-2-4-13(14)16/h2-7,10,14,18H,8-9H2,1H3. The summed E-state index contributed by atoms with van der Waals surface area (Å²) in [6.45, 7) is 1.90. The zero-order valence-electron chi connectivity index (χ0n) is 11.6. The largest absolute Gasteiger partial charge is 0.378 e. The van der Waals surface area contributed by atoms with Crippen molar-refractivity contribution in [2.24, 2.45) is 0 Å². The third-order valence-corrected chi connectivity index (χ3v) is 5.65. The molecule has 3 nitrogen and oxygen atoms in total. The molecule has 0 saturated carbocycles. The molecule has 1 unspecified atom stereocenters. The van der Waals surface area contributed by atoms with Gasteiger partial charge in [0.2, 0.25) is 0 Å². The normalized spacial score (nSPS) is 19.8. The quantitative estimate of drug-likeness (QED) is 0.924. The summed E-state index contributed by atoms with van der Waals surface area (Å²) < 4.78 is 37.6. The van der Waals surface area contributed by atoms with Gasteiger partial charge in [-0.2, -0.15) is 0 Å². The maximum absolute atomic E-state index is 13.4. The van der Waals surface area contributed by atoms with Gasteiger partial charge in [0.05, 0.1) is 16.7 Å². The SMILES string of the molecule is Cc1ccc(F)cc1NC1CCS(=O)(=O)c2ccccc21. The van der Waals surface area contributed by atoms with Gasteiger partial charge >= 0.3 is 0 Å². The number of sulfone groups is 1. The summed E-state index contributed by atoms with van der Waals surface area (Å²) in [4.78, 5) is 0.378. The first kappa shape index (κ1) is 14.1. The lowest BCUT2D eigenvalue weighted by molar-refractivity contribution is 0.575. The lowest BCUT2D eigenvalue weighted by atomic mass is 10.0. The first-order chi connectivity index (χ1) is 9.97. The fourth-order valence-corrected chi connectivity index (χ4v) is 4.30. The van der Waals surface area contributed by atoms with Crippen LogP contribution in [0, 0.1) is 12.7 Å². The molecule has 1 heterocycles. The molecular formula is C16H16FNO2S. The van der Waals surface area contributed by atoms with Crippen molar-refractivity contribution in [3.63, 3.8) is 0 Å². The molecule has 2 aromatic carbocycles. The summed E-state index contributed by atoms with van der Waals surface area (Å²) in [6, 6.07) is 11.5. The third-order valence-electron chi connectivity index (χ3n) is 3.83. The Hall–Kier alpha value is -1.88. The number of benzene rings is 2. The van der Waals surface area contributed by atoms with Crippen molar-refractivity contribution in [3.05, 3.63) is 59.4 Å². The van der Waals surface area contributed by atoms with Crippen LogP contribution in [0.15, 0.2) is 47.4 Å². The van der Waals surface area contributed by atoms with E-state index in [1.807, 2.05) is 19.1 Å². The van der Waals surface area contributed by atoms with Crippen molar-refractivity contribution < 1.29 is 12.8 Å². The van der Waals surface area contributed by atoms with Gasteiger partial charge in [0.15, 0.2) is 9.84 Å². The molecule has 1 aliphatic rings. The summed E-state index contributed by atoms with van der Waals surface area (Å²) in [5, 5.41) is 3.28. The first-order valence-electron chi connectivity index (χ1n) is 6.82. The molecule has 3 rings (SSSR count). The Morgan fingerprint density at radius 3 is 2.76 bits per heavy atom. The molecule has 1 atom stereocenters. The zero-order chi connectivity index (χ0) is 15.0. The zero-order valence-corrected chi connectivity index (χ0v) is 12.5. The minimum absolute atomic E-state index is 0.107. The van der Waals surface area contributed by atoms with Crippen LogP contribution in [0.5, 0.6) is 0 Å². The highest BCUT2D eigenvalue weighted by atomic mass is 32.2. The summed E-state index contributed by atoms with van der Waals surface area (Å²) in [5.41, 5.74) is 2.39. The molecule has 0 aromatic heterocycles. The van der Waals surface area contributed by atoms with Crippen LogP contribution in [-0.4, -0.2) is 14.2 Å². The third kappa shape index (κ3) is 2.65. The second-order valence-corrected chi connectivity index (χ2v) is 7.38. The van der Waals surface area contributed by atoms with Crippen molar-refractivity contribution in [2.75, 3.05) is 11.1 Å². The van der Waals surface area contributed by atoms with Crippen LogP contribution < -0.4 is 5.32 Å². The highest BCUT2D eigenvalue weighted by Gasteiger charge is 2.29. The molecule has 0 saturated heterocycles. The topological polar surface area (TPSA) is 46.2 Å². The number of rotatable bonds is 2. The molecule has 0 aliphatic carbocycles. The Morgan fingerprint density at radius 1 is 1.19 bits per heavy atom. The van der Waals surface area contributed by atoms with Crippen LogP contribution in [0.3, 0.4) is 0 Å². The minimum Gasteiger partial charge on any atom is -0.378 e. The average Bonchev–Trinajstić information content (AvgIpc) is 2.46. The molecule has 5 heteroatoms. The van der Waals surface area contributed by atoms with Gasteiger partial charge in [0.1, 0.15) is 5.82 Å². The van der Waals surface area contributed by atoms with E-state index in [1.165, 1.54) is 12.1 Å². The predicted octanol–water partition coefficient (Wildman–Crippen LogP) is 3.46. The fraction of sp³-hybridized carbons (Fsp3) is 0.250. The molecule has 110 valence electrons. The minimum atomic E-state index is -3.20. The highest BCUT2D eigenvalue weighted by Crippen LogP contribution is 2.34. The van der Waals surface area contributed by atoms with Gasteiger partial charge < -0.3 is 5.32 Å². The maximum Gasteiger partial charge on any atom is 0.178 e. The molecule has 1 aliphatic heterocycles. The molecule has 0 amide bonds. The Balaban J connectivity index is 1.99. The summed E-state index contributed by atoms with van der Waals surface area (Å²) >= 11 is 0. The lowest BCUT2D eigenvalue weighted by Crippen LogP contribution is -2.24. The van der Waals surface area contributed by atoms with Crippen LogP contribution in [0.25, 0.3) is 0 Å². The molecule has 0 fully saturated rings. The number of anilines is 1. The highest BCUT2D eigenvalue weighted by molar-refractivity contribution is 7.91. The van der Waals surface area contributed by atoms with E-state index in [1.54, 1.807) is 18.2 Å². The number of aryl methyl sites for hydroxylation is 1. The lowest BCUT2D eigenvalue weighted by Gasteiger charge is -2.27. The van der Waals surface area contributed by atoms with E-state index in [4.69, 9.17) is 0 Å². The van der Waals surface area contributed by atoms with Crippen LogP contribution in [-0.2, 0) is 9.84 Å². The maximum atomic E-state index is 13.4. The molecule has 0 spiro atoms. The van der Waals surface area contributed by atoms with Gasteiger partial charge in [0, 0.05) is 5.69 Å². The monoisotopic (exact) mass is 305 g/mol. The Bertz CT molecular complexity index is 787. The second kappa shape index (κ2) is 5.15. The van der Waals surface area contributed by atoms with Crippen molar-refractivity contribution in [2.45, 2.75) is 24.3 Å². The van der Waals surface area contributed by atoms with Gasteiger partial charge in [-0.15, -0.1) is 0 Å². The van der Waals surface area contributed by atoms with Gasteiger partial charge in [-0.3, -0.25) is 0 Å². The Kier molecular flexibility index (Phi) is 3.45. The van der Waals surface area contributed by atoms with E-state index in [0.717, 1.165) is 11.1 Å². The van der Waals surface area contributed by atoms with Gasteiger partial charge in [0.25, 0.3) is 0 Å². The van der Waals surface area contributed by atoms with E-state index in [0.29, 0.717) is 17.0 Å².